The number of hydrogen-bond acceptors (Lipinski definition) is 1. The fourth-order valence-corrected chi connectivity index (χ4v) is 2.65. The number of rotatable bonds is 5. The van der Waals surface area contributed by atoms with E-state index < -0.39 is 0 Å². The number of carbonyl (C=O) groups is 1. The Bertz CT molecular complexity index is 653. The molecule has 0 unspecified atom stereocenters. The van der Waals surface area contributed by atoms with E-state index in [1.807, 2.05) is 12.1 Å². The first-order valence-corrected chi connectivity index (χ1v) is 8.09. The van der Waals surface area contributed by atoms with Crippen molar-refractivity contribution in [3.63, 3.8) is 0 Å². The highest BCUT2D eigenvalue weighted by atomic mass is 35.5. The number of hydrogen-bond donors (Lipinski definition) is 1. The molecule has 0 spiro atoms. The molecule has 116 valence electrons. The van der Waals surface area contributed by atoms with Gasteiger partial charge in [0.15, 0.2) is 0 Å². The molecule has 2 nitrogen and oxygen atoms in total. The van der Waals surface area contributed by atoms with Crippen molar-refractivity contribution in [3.8, 4) is 0 Å². The summed E-state index contributed by atoms with van der Waals surface area (Å²) < 4.78 is 0. The third kappa shape index (κ3) is 4.49. The lowest BCUT2D eigenvalue weighted by Gasteiger charge is -2.11. The Kier molecular flexibility index (Phi) is 5.87. The van der Waals surface area contributed by atoms with Crippen molar-refractivity contribution in [2.45, 2.75) is 32.6 Å². The van der Waals surface area contributed by atoms with Gasteiger partial charge in [-0.1, -0.05) is 55.2 Å². The lowest BCUT2D eigenvalue weighted by molar-refractivity contribution is -0.115. The van der Waals surface area contributed by atoms with Crippen molar-refractivity contribution in [2.24, 2.45) is 0 Å². The lowest BCUT2D eigenvalue weighted by Crippen LogP contribution is -2.14. The van der Waals surface area contributed by atoms with Crippen molar-refractivity contribution in [3.05, 3.63) is 63.6 Å². The molecule has 0 saturated heterocycles. The Labute approximate surface area is 141 Å². The first kappa shape index (κ1) is 16.9. The average molecular weight is 336 g/mol. The van der Waals surface area contributed by atoms with E-state index in [9.17, 15) is 4.79 Å². The van der Waals surface area contributed by atoms with Crippen molar-refractivity contribution in [2.75, 3.05) is 5.32 Å². The Morgan fingerprint density at radius 2 is 1.82 bits per heavy atom. The zero-order valence-corrected chi connectivity index (χ0v) is 14.2. The Hall–Kier alpha value is -1.51. The van der Waals surface area contributed by atoms with E-state index in [1.54, 1.807) is 18.2 Å². The summed E-state index contributed by atoms with van der Waals surface area (Å²) in [5, 5.41) is 3.96. The smallest absolute Gasteiger partial charge is 0.228 e. The van der Waals surface area contributed by atoms with Crippen molar-refractivity contribution in [1.82, 2.24) is 0 Å². The minimum absolute atomic E-state index is 0.0967. The standard InChI is InChI=1S/C18H19Cl2NO/c1-3-12(2)13-5-8-16(9-6-13)21-18(22)10-14-4-7-15(19)11-17(14)20/h4-9,11-12H,3,10H2,1-2H3,(H,21,22)/t12-/m0/s1. The number of carbonyl (C=O) groups excluding carboxylic acids is 1. The number of benzene rings is 2. The van der Waals surface area contributed by atoms with Gasteiger partial charge in [0.25, 0.3) is 0 Å². The SMILES string of the molecule is CC[C@H](C)c1ccc(NC(=O)Cc2ccc(Cl)cc2Cl)cc1. The van der Waals surface area contributed by atoms with Gasteiger partial charge in [-0.2, -0.15) is 0 Å². The Balaban J connectivity index is 1.99. The second-order valence-electron chi connectivity index (χ2n) is 5.39. The van der Waals surface area contributed by atoms with E-state index in [1.165, 1.54) is 5.56 Å². The van der Waals surface area contributed by atoms with Crippen LogP contribution in [0.5, 0.6) is 0 Å². The summed E-state index contributed by atoms with van der Waals surface area (Å²) in [7, 11) is 0. The van der Waals surface area contributed by atoms with Crippen LogP contribution in [-0.2, 0) is 11.2 Å². The molecule has 2 aromatic rings. The Morgan fingerprint density at radius 3 is 2.41 bits per heavy atom. The maximum absolute atomic E-state index is 12.1. The van der Waals surface area contributed by atoms with Gasteiger partial charge >= 0.3 is 0 Å². The highest BCUT2D eigenvalue weighted by Gasteiger charge is 2.09. The molecule has 0 aliphatic heterocycles. The molecule has 22 heavy (non-hydrogen) atoms. The number of anilines is 1. The molecular weight excluding hydrogens is 317 g/mol. The predicted molar refractivity (Wildman–Crippen MR) is 93.9 cm³/mol. The van der Waals surface area contributed by atoms with Crippen LogP contribution >= 0.6 is 23.2 Å². The molecule has 2 rings (SSSR count). The number of amides is 1. The minimum atomic E-state index is -0.0967. The summed E-state index contributed by atoms with van der Waals surface area (Å²) in [5.41, 5.74) is 2.84. The minimum Gasteiger partial charge on any atom is -0.326 e. The molecule has 0 aromatic heterocycles. The highest BCUT2D eigenvalue weighted by Crippen LogP contribution is 2.23. The fraction of sp³-hybridized carbons (Fsp3) is 0.278. The largest absolute Gasteiger partial charge is 0.326 e. The van der Waals surface area contributed by atoms with E-state index >= 15 is 0 Å². The van der Waals surface area contributed by atoms with Gasteiger partial charge in [-0.25, -0.2) is 0 Å². The van der Waals surface area contributed by atoms with Crippen LogP contribution in [-0.4, -0.2) is 5.91 Å². The summed E-state index contributed by atoms with van der Waals surface area (Å²) in [4.78, 5) is 12.1. The van der Waals surface area contributed by atoms with Crippen LogP contribution in [0.3, 0.4) is 0 Å². The van der Waals surface area contributed by atoms with Crippen LogP contribution in [0.2, 0.25) is 10.0 Å². The molecule has 2 aromatic carbocycles. The number of nitrogens with one attached hydrogen (secondary N) is 1. The molecule has 1 amide bonds. The maximum atomic E-state index is 12.1. The van der Waals surface area contributed by atoms with Crippen LogP contribution in [0.25, 0.3) is 0 Å². The highest BCUT2D eigenvalue weighted by molar-refractivity contribution is 6.35. The van der Waals surface area contributed by atoms with Crippen LogP contribution in [0, 0.1) is 0 Å². The zero-order chi connectivity index (χ0) is 16.1. The first-order valence-electron chi connectivity index (χ1n) is 7.33. The van der Waals surface area contributed by atoms with Crippen molar-refractivity contribution >= 4 is 34.8 Å². The molecule has 0 bridgehead atoms. The fourth-order valence-electron chi connectivity index (χ4n) is 2.17. The van der Waals surface area contributed by atoms with Gasteiger partial charge in [0, 0.05) is 15.7 Å². The summed E-state index contributed by atoms with van der Waals surface area (Å²) >= 11 is 11.9. The maximum Gasteiger partial charge on any atom is 0.228 e. The molecule has 1 atom stereocenters. The topological polar surface area (TPSA) is 29.1 Å². The van der Waals surface area contributed by atoms with Gasteiger partial charge in [0.1, 0.15) is 0 Å². The monoisotopic (exact) mass is 335 g/mol. The van der Waals surface area contributed by atoms with E-state index in [0.717, 1.165) is 17.7 Å². The Morgan fingerprint density at radius 1 is 1.14 bits per heavy atom. The summed E-state index contributed by atoms with van der Waals surface area (Å²) in [5.74, 6) is 0.429. The molecule has 0 aliphatic rings. The molecule has 0 heterocycles. The molecule has 1 N–H and O–H groups in total. The molecule has 0 fully saturated rings. The normalized spacial score (nSPS) is 12.0. The third-order valence-electron chi connectivity index (χ3n) is 3.74. The third-order valence-corrected chi connectivity index (χ3v) is 4.33. The van der Waals surface area contributed by atoms with Crippen LogP contribution < -0.4 is 5.32 Å². The van der Waals surface area contributed by atoms with Gasteiger partial charge < -0.3 is 5.32 Å². The first-order chi connectivity index (χ1) is 10.5. The van der Waals surface area contributed by atoms with Gasteiger partial charge in [-0.3, -0.25) is 4.79 Å². The summed E-state index contributed by atoms with van der Waals surface area (Å²) in [6.45, 7) is 4.35. The molecule has 0 aliphatic carbocycles. The van der Waals surface area contributed by atoms with Crippen molar-refractivity contribution < 1.29 is 4.79 Å². The van der Waals surface area contributed by atoms with Crippen LogP contribution in [0.1, 0.15) is 37.3 Å². The van der Waals surface area contributed by atoms with E-state index in [-0.39, 0.29) is 12.3 Å². The van der Waals surface area contributed by atoms with E-state index in [4.69, 9.17) is 23.2 Å². The zero-order valence-electron chi connectivity index (χ0n) is 12.7. The van der Waals surface area contributed by atoms with E-state index in [2.05, 4.69) is 31.3 Å². The molecule has 0 saturated carbocycles. The summed E-state index contributed by atoms with van der Waals surface area (Å²) in [6, 6.07) is 13.1. The van der Waals surface area contributed by atoms with Gasteiger partial charge in [0.2, 0.25) is 5.91 Å². The second kappa shape index (κ2) is 7.66. The van der Waals surface area contributed by atoms with Gasteiger partial charge in [0.05, 0.1) is 6.42 Å². The lowest BCUT2D eigenvalue weighted by atomic mass is 9.98. The molecular formula is C18H19Cl2NO. The average Bonchev–Trinajstić information content (AvgIpc) is 2.50. The van der Waals surface area contributed by atoms with E-state index in [0.29, 0.717) is 16.0 Å². The van der Waals surface area contributed by atoms with Crippen LogP contribution in [0.4, 0.5) is 5.69 Å². The van der Waals surface area contributed by atoms with Gasteiger partial charge in [-0.15, -0.1) is 0 Å². The second-order valence-corrected chi connectivity index (χ2v) is 6.24. The molecule has 0 radical (unpaired) electrons. The van der Waals surface area contributed by atoms with Crippen molar-refractivity contribution in [1.29, 1.82) is 0 Å². The number of halogens is 2. The summed E-state index contributed by atoms with van der Waals surface area (Å²) in [6.07, 6.45) is 1.32. The molecule has 4 heteroatoms. The van der Waals surface area contributed by atoms with Crippen LogP contribution in [0.15, 0.2) is 42.5 Å². The van der Waals surface area contributed by atoms with Gasteiger partial charge in [-0.05, 0) is 47.7 Å². The quantitative estimate of drug-likeness (QED) is 0.747. The predicted octanol–water partition coefficient (Wildman–Crippen LogP) is 5.69.